The lowest BCUT2D eigenvalue weighted by atomic mass is 10.0. The maximum absolute atomic E-state index is 14.7. The molecule has 0 saturated heterocycles. The zero-order valence-electron chi connectivity index (χ0n) is 53.3. The third-order valence-electron chi connectivity index (χ3n) is 14.0. The zero-order chi connectivity index (χ0) is 70.5. The monoisotopic (exact) mass is 1330 g/mol. The van der Waals surface area contributed by atoms with Gasteiger partial charge in [0.1, 0.15) is 48.3 Å². The molecule has 0 heterocycles. The molecule has 0 unspecified atom stereocenters. The molecular formula is C56H103N27O11. The molecule has 0 aliphatic carbocycles. The first kappa shape index (κ1) is 82.2. The van der Waals surface area contributed by atoms with Crippen molar-refractivity contribution in [2.24, 2.45) is 105 Å². The second kappa shape index (κ2) is 47.1. The number of carboxylic acids is 1. The van der Waals surface area contributed by atoms with Crippen molar-refractivity contribution < 1.29 is 53.1 Å². The first-order chi connectivity index (χ1) is 44.6. The summed E-state index contributed by atoms with van der Waals surface area (Å²) in [5, 5.41) is 30.9. The van der Waals surface area contributed by atoms with Crippen LogP contribution in [0.4, 0.5) is 0 Å². The van der Waals surface area contributed by atoms with Crippen molar-refractivity contribution in [1.29, 1.82) is 0 Å². The number of aliphatic imine (C=N–C) groups is 5. The van der Waals surface area contributed by atoms with Crippen molar-refractivity contribution in [3.8, 4) is 0 Å². The van der Waals surface area contributed by atoms with Crippen molar-refractivity contribution in [2.45, 2.75) is 176 Å². The largest absolute Gasteiger partial charge is 0.480 e. The van der Waals surface area contributed by atoms with E-state index in [4.69, 9.17) is 80.3 Å². The Balaban J connectivity index is 3.84. The summed E-state index contributed by atoms with van der Waals surface area (Å²) in [4.78, 5) is 159. The molecule has 9 amide bonds. The second-order valence-corrected chi connectivity index (χ2v) is 21.9. The van der Waals surface area contributed by atoms with E-state index in [1.54, 1.807) is 30.3 Å². The number of benzene rings is 1. The van der Waals surface area contributed by atoms with Gasteiger partial charge in [-0.2, -0.15) is 0 Å². The molecule has 94 heavy (non-hydrogen) atoms. The molecule has 37 N–H and O–H groups in total. The molecule has 9 atom stereocenters. The van der Waals surface area contributed by atoms with Crippen LogP contribution >= 0.6 is 0 Å². The number of amides is 9. The fourth-order valence-electron chi connectivity index (χ4n) is 9.05. The van der Waals surface area contributed by atoms with Crippen molar-refractivity contribution in [1.82, 2.24) is 42.5 Å². The minimum atomic E-state index is -1.67. The van der Waals surface area contributed by atoms with Crippen molar-refractivity contribution >= 4 is 88.9 Å². The van der Waals surface area contributed by atoms with Crippen LogP contribution in [0.1, 0.15) is 121 Å². The predicted molar refractivity (Wildman–Crippen MR) is 355 cm³/mol. The lowest BCUT2D eigenvalue weighted by Gasteiger charge is -2.28. The van der Waals surface area contributed by atoms with Gasteiger partial charge in [0.25, 0.3) is 0 Å². The summed E-state index contributed by atoms with van der Waals surface area (Å²) in [5.74, 6) is -10.6. The lowest BCUT2D eigenvalue weighted by molar-refractivity contribution is -0.142. The molecule has 0 radical (unpaired) electrons. The maximum atomic E-state index is 14.7. The number of nitrogens with one attached hydrogen (secondary N) is 8. The molecular weight excluding hydrogens is 1230 g/mol. The van der Waals surface area contributed by atoms with Gasteiger partial charge < -0.3 is 128 Å². The first-order valence-corrected chi connectivity index (χ1v) is 31.0. The number of guanidine groups is 5. The van der Waals surface area contributed by atoms with Crippen LogP contribution in [0.2, 0.25) is 0 Å². The third kappa shape index (κ3) is 37.5. The van der Waals surface area contributed by atoms with Crippen molar-refractivity contribution in [3.05, 3.63) is 35.9 Å². The third-order valence-corrected chi connectivity index (χ3v) is 14.0. The van der Waals surface area contributed by atoms with Gasteiger partial charge >= 0.3 is 5.97 Å². The Hall–Kier alpha value is -9.85. The molecule has 0 bridgehead atoms. The summed E-state index contributed by atoms with van der Waals surface area (Å²) in [5.41, 5.74) is 78.7. The topological polar surface area (TPSA) is 713 Å². The number of hydrogen-bond acceptors (Lipinski definition) is 18. The quantitative estimate of drug-likeness (QED) is 0.0164. The summed E-state index contributed by atoms with van der Waals surface area (Å²) in [6, 6.07) is -4.39. The number of nitrogens with two attached hydrogens (primary N) is 14. The minimum absolute atomic E-state index is 0.00238. The molecule has 1 aromatic carbocycles. The predicted octanol–water partition coefficient (Wildman–Crippen LogP) is -8.69. The molecule has 38 heteroatoms. The molecule has 528 valence electrons. The van der Waals surface area contributed by atoms with E-state index in [1.807, 2.05) is 0 Å². The van der Waals surface area contributed by atoms with Crippen LogP contribution in [0.5, 0.6) is 0 Å². The SMILES string of the molecule is NCCCC[C@H](NC(=O)[C@H](N)CCCN=C(N)N)C(=O)N[C@@H](CCCCN)C(=O)N[C@@H](CCCN=C(N)N)C(=O)N[C@H](CCCN=C(N)N)C(=O)N[C@@H](CCC(N)=O)C(=O)N[C@@H](Cc1ccccc1)C(=O)N[C@@H](CCCN=C(N)N)C(=O)N[C@H](CCCN=C(N)N)C(=O)O. The van der Waals surface area contributed by atoms with Crippen LogP contribution in [0, 0.1) is 0 Å². The number of hydrogen-bond donors (Lipinski definition) is 23. The van der Waals surface area contributed by atoms with E-state index in [0.717, 1.165) is 0 Å². The highest BCUT2D eigenvalue weighted by Crippen LogP contribution is 2.13. The van der Waals surface area contributed by atoms with Gasteiger partial charge in [-0.25, -0.2) is 4.79 Å². The smallest absolute Gasteiger partial charge is 0.326 e. The number of rotatable bonds is 50. The van der Waals surface area contributed by atoms with Crippen LogP contribution in [0.25, 0.3) is 0 Å². The van der Waals surface area contributed by atoms with Gasteiger partial charge in [0.15, 0.2) is 29.8 Å². The number of aliphatic carboxylic acids is 1. The van der Waals surface area contributed by atoms with E-state index >= 15 is 0 Å². The van der Waals surface area contributed by atoms with Gasteiger partial charge in [-0.05, 0) is 128 Å². The number of nitrogens with zero attached hydrogens (tertiary/aromatic N) is 5. The summed E-state index contributed by atoms with van der Waals surface area (Å²) in [7, 11) is 0. The van der Waals surface area contributed by atoms with Gasteiger partial charge in [0.2, 0.25) is 53.2 Å². The Morgan fingerprint density at radius 2 is 0.606 bits per heavy atom. The summed E-state index contributed by atoms with van der Waals surface area (Å²) in [6.07, 6.45) is 0.818. The average molecular weight is 1330 g/mol. The highest BCUT2D eigenvalue weighted by molar-refractivity contribution is 5.98. The number of carbonyl (C=O) groups is 10. The molecule has 1 rings (SSSR count). The Morgan fingerprint density at radius 1 is 0.340 bits per heavy atom. The highest BCUT2D eigenvalue weighted by atomic mass is 16.4. The minimum Gasteiger partial charge on any atom is -0.480 e. The van der Waals surface area contributed by atoms with Gasteiger partial charge in [0.05, 0.1) is 6.04 Å². The summed E-state index contributed by atoms with van der Waals surface area (Å²) in [6.45, 7) is 0.678. The number of primary amides is 1. The van der Waals surface area contributed by atoms with Gasteiger partial charge in [-0.3, -0.25) is 68.1 Å². The highest BCUT2D eigenvalue weighted by Gasteiger charge is 2.35. The van der Waals surface area contributed by atoms with E-state index in [1.165, 1.54) is 0 Å². The normalized spacial score (nSPS) is 13.6. The van der Waals surface area contributed by atoms with Gasteiger partial charge in [0, 0.05) is 45.6 Å². The van der Waals surface area contributed by atoms with Crippen molar-refractivity contribution in [3.63, 3.8) is 0 Å². The zero-order valence-corrected chi connectivity index (χ0v) is 53.3. The summed E-state index contributed by atoms with van der Waals surface area (Å²) < 4.78 is 0. The molecule has 0 saturated carbocycles. The maximum Gasteiger partial charge on any atom is 0.326 e. The van der Waals surface area contributed by atoms with E-state index < -0.39 is 126 Å². The number of unbranched alkanes of at least 4 members (excludes halogenated alkanes) is 2. The van der Waals surface area contributed by atoms with Crippen LogP contribution < -0.4 is 123 Å². The molecule has 0 fully saturated rings. The molecule has 0 aromatic heterocycles. The summed E-state index contributed by atoms with van der Waals surface area (Å²) >= 11 is 0. The molecule has 0 aliphatic heterocycles. The van der Waals surface area contributed by atoms with Crippen LogP contribution in [-0.4, -0.2) is 194 Å². The Morgan fingerprint density at radius 3 is 0.915 bits per heavy atom. The Kier molecular flexibility index (Phi) is 41.2. The van der Waals surface area contributed by atoms with E-state index in [-0.39, 0.29) is 153 Å². The van der Waals surface area contributed by atoms with Crippen molar-refractivity contribution in [2.75, 3.05) is 45.8 Å². The number of carbonyl (C=O) groups excluding carboxylic acids is 9. The molecule has 0 aliphatic rings. The lowest BCUT2D eigenvalue weighted by Crippen LogP contribution is -2.60. The Labute approximate surface area is 546 Å². The molecule has 38 nitrogen and oxygen atoms in total. The van der Waals surface area contributed by atoms with Crippen LogP contribution in [0.3, 0.4) is 0 Å². The van der Waals surface area contributed by atoms with Gasteiger partial charge in [-0.1, -0.05) is 30.3 Å². The average Bonchev–Trinajstić information content (AvgIpc) is 0.954. The van der Waals surface area contributed by atoms with E-state index in [0.29, 0.717) is 37.7 Å². The molecule has 0 spiro atoms. The fourth-order valence-corrected chi connectivity index (χ4v) is 9.05. The Bertz CT molecular complexity index is 2700. The van der Waals surface area contributed by atoms with Crippen LogP contribution in [0.15, 0.2) is 55.3 Å². The number of carboxylic acid groups (broad SMARTS) is 1. The second-order valence-electron chi connectivity index (χ2n) is 21.9. The molecule has 1 aromatic rings. The standard InChI is InChI=1S/C56H103N27O11/c57-24-6-4-16-34(76-43(85)33(59)15-8-26-71-52(61)62)44(86)77-35(17-5-7-25-58)45(87)78-36(18-9-27-72-53(63)64)46(88)79-37(19-10-28-73-54(65)66)47(89)81-39(22-23-42(60)84)49(91)83-41(31-32-13-2-1-3-14-32)50(92)80-38(20-11-29-74-55(67)68)48(90)82-40(51(93)94)21-12-30-75-56(69)70/h1-3,13-14,33-41H,4-12,15-31,57-59H2,(H2,60,84)(H,76,85)(H,77,86)(H,78,87)(H,79,88)(H,80,92)(H,81,89)(H,82,90)(H,83,91)(H,93,94)(H4,61,62,71)(H4,63,64,72)(H4,65,66,73)(H4,67,68,74)(H4,69,70,75)/t33-,34+,35+,36+,37-,38+,39+,40-,41+/m1/s1. The first-order valence-electron chi connectivity index (χ1n) is 31.0. The van der Waals surface area contributed by atoms with E-state index in [2.05, 4.69) is 67.5 Å². The fraction of sp³-hybridized carbons (Fsp3) is 0.625. The van der Waals surface area contributed by atoms with Gasteiger partial charge in [-0.15, -0.1) is 0 Å². The van der Waals surface area contributed by atoms with E-state index in [9.17, 15) is 53.1 Å². The van der Waals surface area contributed by atoms with Crippen LogP contribution in [-0.2, 0) is 54.4 Å².